The zero-order valence-corrected chi connectivity index (χ0v) is 12.9. The standard InChI is InChI=1S/C12H14BrN3O5/c1-12(2,6-10(17)18)15-11(19)14-9-4-3-7(16(20)21)5-8(9)13/h3-5H,6H2,1-2H3,(H,17,18)(H2,14,15,19). The lowest BCUT2D eigenvalue weighted by molar-refractivity contribution is -0.384. The van der Waals surface area contributed by atoms with Crippen LogP contribution in [0.15, 0.2) is 22.7 Å². The van der Waals surface area contributed by atoms with E-state index in [9.17, 15) is 19.7 Å². The summed E-state index contributed by atoms with van der Waals surface area (Å²) in [5, 5.41) is 24.4. The Labute approximate surface area is 128 Å². The molecule has 9 heteroatoms. The number of nitrogens with zero attached hydrogens (tertiary/aromatic N) is 1. The van der Waals surface area contributed by atoms with E-state index >= 15 is 0 Å². The van der Waals surface area contributed by atoms with Crippen molar-refractivity contribution in [3.05, 3.63) is 32.8 Å². The Bertz CT molecular complexity index is 588. The summed E-state index contributed by atoms with van der Waals surface area (Å²) in [6.07, 6.45) is -0.234. The largest absolute Gasteiger partial charge is 0.481 e. The molecule has 0 spiro atoms. The van der Waals surface area contributed by atoms with Gasteiger partial charge in [-0.1, -0.05) is 0 Å². The Hall–Kier alpha value is -2.16. The Morgan fingerprint density at radius 1 is 1.43 bits per heavy atom. The molecule has 21 heavy (non-hydrogen) atoms. The fourth-order valence-electron chi connectivity index (χ4n) is 1.60. The summed E-state index contributed by atoms with van der Waals surface area (Å²) in [5.41, 5.74) is -0.702. The molecule has 8 nitrogen and oxygen atoms in total. The van der Waals surface area contributed by atoms with Crippen molar-refractivity contribution in [1.82, 2.24) is 5.32 Å². The number of anilines is 1. The summed E-state index contributed by atoms with van der Waals surface area (Å²) in [4.78, 5) is 32.5. The first-order chi connectivity index (χ1) is 9.60. The van der Waals surface area contributed by atoms with Gasteiger partial charge < -0.3 is 15.7 Å². The van der Waals surface area contributed by atoms with Gasteiger partial charge in [-0.3, -0.25) is 14.9 Å². The summed E-state index contributed by atoms with van der Waals surface area (Å²) >= 11 is 3.12. The minimum atomic E-state index is -1.03. The Morgan fingerprint density at radius 2 is 2.05 bits per heavy atom. The van der Waals surface area contributed by atoms with Crippen molar-refractivity contribution in [1.29, 1.82) is 0 Å². The van der Waals surface area contributed by atoms with E-state index in [-0.39, 0.29) is 12.1 Å². The van der Waals surface area contributed by atoms with Crippen molar-refractivity contribution >= 4 is 39.3 Å². The lowest BCUT2D eigenvalue weighted by Crippen LogP contribution is -2.46. The smallest absolute Gasteiger partial charge is 0.319 e. The highest BCUT2D eigenvalue weighted by Gasteiger charge is 2.24. The normalized spacial score (nSPS) is 10.8. The number of hydrogen-bond acceptors (Lipinski definition) is 4. The van der Waals surface area contributed by atoms with E-state index in [1.165, 1.54) is 18.2 Å². The monoisotopic (exact) mass is 359 g/mol. The van der Waals surface area contributed by atoms with Crippen LogP contribution in [0.3, 0.4) is 0 Å². The molecule has 2 amide bonds. The number of nitro benzene ring substituents is 1. The molecule has 0 bridgehead atoms. The summed E-state index contributed by atoms with van der Waals surface area (Å²) in [6, 6.07) is 3.29. The molecule has 1 rings (SSSR count). The highest BCUT2D eigenvalue weighted by Crippen LogP contribution is 2.27. The van der Waals surface area contributed by atoms with E-state index < -0.39 is 22.5 Å². The topological polar surface area (TPSA) is 122 Å². The van der Waals surface area contributed by atoms with Crippen molar-refractivity contribution in [2.75, 3.05) is 5.32 Å². The minimum Gasteiger partial charge on any atom is -0.481 e. The van der Waals surface area contributed by atoms with Gasteiger partial charge in [0, 0.05) is 22.1 Å². The van der Waals surface area contributed by atoms with Gasteiger partial charge in [0.25, 0.3) is 5.69 Å². The Kier molecular flexibility index (Phi) is 5.25. The summed E-state index contributed by atoms with van der Waals surface area (Å²) in [6.45, 7) is 3.15. The zero-order chi connectivity index (χ0) is 16.2. The lowest BCUT2D eigenvalue weighted by atomic mass is 10.0. The maximum Gasteiger partial charge on any atom is 0.319 e. The molecule has 0 aliphatic carbocycles. The maximum absolute atomic E-state index is 11.8. The van der Waals surface area contributed by atoms with Crippen LogP contribution in [-0.2, 0) is 4.79 Å². The number of carbonyl (C=O) groups is 2. The number of carbonyl (C=O) groups excluding carboxylic acids is 1. The first-order valence-electron chi connectivity index (χ1n) is 5.85. The van der Waals surface area contributed by atoms with Crippen LogP contribution in [0.5, 0.6) is 0 Å². The quantitative estimate of drug-likeness (QED) is 0.551. The van der Waals surface area contributed by atoms with E-state index in [1.54, 1.807) is 13.8 Å². The van der Waals surface area contributed by atoms with Gasteiger partial charge in [-0.15, -0.1) is 0 Å². The van der Waals surface area contributed by atoms with Crippen LogP contribution in [0, 0.1) is 10.1 Å². The molecule has 0 aromatic heterocycles. The fourth-order valence-corrected chi connectivity index (χ4v) is 2.07. The van der Waals surface area contributed by atoms with Crippen molar-refractivity contribution in [2.45, 2.75) is 25.8 Å². The first-order valence-corrected chi connectivity index (χ1v) is 6.65. The van der Waals surface area contributed by atoms with Crippen molar-refractivity contribution in [2.24, 2.45) is 0 Å². The van der Waals surface area contributed by atoms with Gasteiger partial charge in [0.15, 0.2) is 0 Å². The fraction of sp³-hybridized carbons (Fsp3) is 0.333. The van der Waals surface area contributed by atoms with Gasteiger partial charge in [0.05, 0.1) is 17.0 Å². The second-order valence-corrected chi connectivity index (χ2v) is 5.81. The average molecular weight is 360 g/mol. The zero-order valence-electron chi connectivity index (χ0n) is 11.3. The summed E-state index contributed by atoms with van der Waals surface area (Å²) in [5.74, 6) is -1.03. The van der Waals surface area contributed by atoms with Crippen LogP contribution in [0.2, 0.25) is 0 Å². The van der Waals surface area contributed by atoms with E-state index in [2.05, 4.69) is 26.6 Å². The third-order valence-corrected chi connectivity index (χ3v) is 3.11. The number of amides is 2. The molecule has 3 N–H and O–H groups in total. The van der Waals surface area contributed by atoms with Crippen LogP contribution in [0.4, 0.5) is 16.2 Å². The number of non-ortho nitro benzene ring substituents is 1. The summed E-state index contributed by atoms with van der Waals surface area (Å²) < 4.78 is 0.350. The molecule has 0 aliphatic rings. The molecule has 0 aliphatic heterocycles. The molecule has 0 atom stereocenters. The van der Waals surface area contributed by atoms with Gasteiger partial charge >= 0.3 is 12.0 Å². The number of halogens is 1. The molecule has 0 radical (unpaired) electrons. The van der Waals surface area contributed by atoms with E-state index in [4.69, 9.17) is 5.11 Å². The maximum atomic E-state index is 11.8. The third-order valence-electron chi connectivity index (χ3n) is 2.46. The van der Waals surface area contributed by atoms with Crippen molar-refractivity contribution in [3.8, 4) is 0 Å². The number of nitrogens with one attached hydrogen (secondary N) is 2. The number of hydrogen-bond donors (Lipinski definition) is 3. The number of carboxylic acid groups (broad SMARTS) is 1. The Balaban J connectivity index is 2.75. The number of carboxylic acids is 1. The van der Waals surface area contributed by atoms with E-state index in [0.29, 0.717) is 10.2 Å². The second kappa shape index (κ2) is 6.53. The molecule has 1 aromatic rings. The SMILES string of the molecule is CC(C)(CC(=O)O)NC(=O)Nc1ccc([N+](=O)[O-])cc1Br. The van der Waals surface area contributed by atoms with Gasteiger partial charge in [-0.2, -0.15) is 0 Å². The molecule has 0 unspecified atom stereocenters. The molecule has 114 valence electrons. The Morgan fingerprint density at radius 3 is 2.52 bits per heavy atom. The van der Waals surface area contributed by atoms with Gasteiger partial charge in [-0.25, -0.2) is 4.79 Å². The molecule has 0 heterocycles. The van der Waals surface area contributed by atoms with Crippen LogP contribution >= 0.6 is 15.9 Å². The number of benzene rings is 1. The van der Waals surface area contributed by atoms with Crippen LogP contribution in [-0.4, -0.2) is 27.6 Å². The predicted molar refractivity (Wildman–Crippen MR) is 79.3 cm³/mol. The average Bonchev–Trinajstić information content (AvgIpc) is 2.28. The van der Waals surface area contributed by atoms with E-state index in [1.807, 2.05) is 0 Å². The summed E-state index contributed by atoms with van der Waals surface area (Å²) in [7, 11) is 0. The van der Waals surface area contributed by atoms with Crippen LogP contribution in [0.25, 0.3) is 0 Å². The van der Waals surface area contributed by atoms with Crippen molar-refractivity contribution in [3.63, 3.8) is 0 Å². The van der Waals surface area contributed by atoms with E-state index in [0.717, 1.165) is 0 Å². The lowest BCUT2D eigenvalue weighted by Gasteiger charge is -2.24. The molecular weight excluding hydrogens is 346 g/mol. The number of rotatable bonds is 5. The minimum absolute atomic E-state index is 0.112. The first kappa shape index (κ1) is 16.9. The highest BCUT2D eigenvalue weighted by molar-refractivity contribution is 9.10. The number of aliphatic carboxylic acids is 1. The van der Waals surface area contributed by atoms with Gasteiger partial charge in [0.2, 0.25) is 0 Å². The van der Waals surface area contributed by atoms with Gasteiger partial charge in [0.1, 0.15) is 0 Å². The highest BCUT2D eigenvalue weighted by atomic mass is 79.9. The van der Waals surface area contributed by atoms with Crippen LogP contribution < -0.4 is 10.6 Å². The molecule has 1 aromatic carbocycles. The van der Waals surface area contributed by atoms with Gasteiger partial charge in [-0.05, 0) is 35.8 Å². The third kappa shape index (κ3) is 5.38. The van der Waals surface area contributed by atoms with Crippen LogP contribution in [0.1, 0.15) is 20.3 Å². The number of nitro groups is 1. The predicted octanol–water partition coefficient (Wildman–Crippen LogP) is 2.73. The molecule has 0 fully saturated rings. The molecule has 0 saturated carbocycles. The molecule has 0 saturated heterocycles. The van der Waals surface area contributed by atoms with Crippen molar-refractivity contribution < 1.29 is 19.6 Å². The second-order valence-electron chi connectivity index (χ2n) is 4.95. The number of urea groups is 1. The molecular formula is C12H14BrN3O5.